The van der Waals surface area contributed by atoms with Crippen molar-refractivity contribution in [2.24, 2.45) is 0 Å². The molecule has 2 atom stereocenters. The molecule has 1 saturated heterocycles. The maximum Gasteiger partial charge on any atom is 0.159 e. The van der Waals surface area contributed by atoms with Crippen LogP contribution in [-0.4, -0.2) is 12.1 Å². The van der Waals surface area contributed by atoms with Crippen LogP contribution in [0.1, 0.15) is 31.7 Å². The largest absolute Gasteiger partial charge is 0.308 e. The van der Waals surface area contributed by atoms with Gasteiger partial charge in [0, 0.05) is 12.1 Å². The molecule has 0 spiro atoms. The van der Waals surface area contributed by atoms with E-state index in [1.807, 2.05) is 12.2 Å². The lowest BCUT2D eigenvalue weighted by atomic mass is 9.99. The van der Waals surface area contributed by atoms with Crippen LogP contribution < -0.4 is 5.32 Å². The molecule has 0 aliphatic carbocycles. The zero-order chi connectivity index (χ0) is 12.3. The van der Waals surface area contributed by atoms with Crippen LogP contribution in [0.25, 0.3) is 6.08 Å². The van der Waals surface area contributed by atoms with Crippen LogP contribution in [0.3, 0.4) is 0 Å². The number of hydrogen-bond acceptors (Lipinski definition) is 1. The maximum atomic E-state index is 13.0. The Morgan fingerprint density at radius 1 is 1.24 bits per heavy atom. The summed E-state index contributed by atoms with van der Waals surface area (Å²) in [6, 6.07) is 4.83. The Kier molecular flexibility index (Phi) is 3.89. The predicted molar refractivity (Wildman–Crippen MR) is 65.6 cm³/mol. The summed E-state index contributed by atoms with van der Waals surface area (Å²) in [5, 5.41) is 3.46. The average molecular weight is 237 g/mol. The standard InChI is InChI=1S/C14H17F2N/c1-10-3-2-4-12(17-10)7-5-11-6-8-13(15)14(16)9-11/h5-10,12,17H,2-4H2,1H3/b7-5+. The summed E-state index contributed by atoms with van der Waals surface area (Å²) >= 11 is 0. The minimum Gasteiger partial charge on any atom is -0.308 e. The van der Waals surface area contributed by atoms with Gasteiger partial charge in [0.05, 0.1) is 0 Å². The van der Waals surface area contributed by atoms with Gasteiger partial charge in [0.2, 0.25) is 0 Å². The summed E-state index contributed by atoms with van der Waals surface area (Å²) in [4.78, 5) is 0. The van der Waals surface area contributed by atoms with E-state index in [2.05, 4.69) is 12.2 Å². The topological polar surface area (TPSA) is 12.0 Å². The van der Waals surface area contributed by atoms with Crippen LogP contribution in [0.2, 0.25) is 0 Å². The van der Waals surface area contributed by atoms with E-state index in [1.54, 1.807) is 6.07 Å². The van der Waals surface area contributed by atoms with Gasteiger partial charge in [-0.1, -0.05) is 24.6 Å². The summed E-state index contributed by atoms with van der Waals surface area (Å²) in [5.41, 5.74) is 0.698. The van der Waals surface area contributed by atoms with Crippen molar-refractivity contribution in [1.29, 1.82) is 0 Å². The van der Waals surface area contributed by atoms with Gasteiger partial charge in [-0.2, -0.15) is 0 Å². The summed E-state index contributed by atoms with van der Waals surface area (Å²) in [6.07, 6.45) is 7.39. The van der Waals surface area contributed by atoms with Gasteiger partial charge in [-0.15, -0.1) is 0 Å². The van der Waals surface area contributed by atoms with Crippen molar-refractivity contribution in [2.45, 2.75) is 38.3 Å². The van der Waals surface area contributed by atoms with Crippen LogP contribution in [0.15, 0.2) is 24.3 Å². The molecule has 1 fully saturated rings. The fourth-order valence-corrected chi connectivity index (χ4v) is 2.17. The molecule has 0 saturated carbocycles. The van der Waals surface area contributed by atoms with Gasteiger partial charge < -0.3 is 5.32 Å². The van der Waals surface area contributed by atoms with E-state index in [0.717, 1.165) is 12.5 Å². The lowest BCUT2D eigenvalue weighted by Crippen LogP contribution is -2.39. The highest BCUT2D eigenvalue weighted by Crippen LogP contribution is 2.15. The molecule has 1 aliphatic rings. The fourth-order valence-electron chi connectivity index (χ4n) is 2.17. The third-order valence-corrected chi connectivity index (χ3v) is 3.12. The van der Waals surface area contributed by atoms with E-state index in [-0.39, 0.29) is 0 Å². The Morgan fingerprint density at radius 3 is 2.76 bits per heavy atom. The minimum atomic E-state index is -0.799. The first-order valence-electron chi connectivity index (χ1n) is 6.04. The van der Waals surface area contributed by atoms with Crippen LogP contribution in [-0.2, 0) is 0 Å². The minimum absolute atomic E-state index is 0.340. The summed E-state index contributed by atoms with van der Waals surface area (Å²) in [5.74, 6) is -1.59. The van der Waals surface area contributed by atoms with Gasteiger partial charge in [0.15, 0.2) is 11.6 Å². The molecule has 2 unspecified atom stereocenters. The van der Waals surface area contributed by atoms with Crippen LogP contribution in [0.5, 0.6) is 0 Å². The van der Waals surface area contributed by atoms with Gasteiger partial charge >= 0.3 is 0 Å². The molecule has 1 nitrogen and oxygen atoms in total. The average Bonchev–Trinajstić information content (AvgIpc) is 2.31. The normalized spacial score (nSPS) is 25.4. The molecule has 0 amide bonds. The van der Waals surface area contributed by atoms with Crippen molar-refractivity contribution in [3.05, 3.63) is 41.5 Å². The van der Waals surface area contributed by atoms with Crippen molar-refractivity contribution in [3.63, 3.8) is 0 Å². The van der Waals surface area contributed by atoms with E-state index in [0.29, 0.717) is 17.6 Å². The van der Waals surface area contributed by atoms with Gasteiger partial charge in [0.1, 0.15) is 0 Å². The van der Waals surface area contributed by atoms with E-state index >= 15 is 0 Å². The first-order valence-corrected chi connectivity index (χ1v) is 6.04. The number of rotatable bonds is 2. The van der Waals surface area contributed by atoms with Crippen molar-refractivity contribution in [1.82, 2.24) is 5.32 Å². The second-order valence-corrected chi connectivity index (χ2v) is 4.64. The van der Waals surface area contributed by atoms with E-state index in [1.165, 1.54) is 18.9 Å². The molecule has 17 heavy (non-hydrogen) atoms. The molecule has 1 heterocycles. The summed E-state index contributed by atoms with van der Waals surface area (Å²) in [6.45, 7) is 2.16. The lowest BCUT2D eigenvalue weighted by molar-refractivity contribution is 0.375. The Bertz CT molecular complexity index is 415. The SMILES string of the molecule is CC1CCCC(/C=C/c2ccc(F)c(F)c2)N1. The molecule has 1 aromatic carbocycles. The van der Waals surface area contributed by atoms with E-state index < -0.39 is 11.6 Å². The molecule has 0 aromatic heterocycles. The number of halogens is 2. The van der Waals surface area contributed by atoms with Crippen molar-refractivity contribution in [3.8, 4) is 0 Å². The molecule has 0 bridgehead atoms. The maximum absolute atomic E-state index is 13.0. The second-order valence-electron chi connectivity index (χ2n) is 4.64. The highest BCUT2D eigenvalue weighted by molar-refractivity contribution is 5.50. The molecular formula is C14H17F2N. The molecule has 2 rings (SSSR count). The lowest BCUT2D eigenvalue weighted by Gasteiger charge is -2.26. The first kappa shape index (κ1) is 12.2. The first-order chi connectivity index (χ1) is 8.15. The number of benzene rings is 1. The quantitative estimate of drug-likeness (QED) is 0.830. The molecule has 1 aliphatic heterocycles. The zero-order valence-corrected chi connectivity index (χ0v) is 9.92. The Morgan fingerprint density at radius 2 is 2.06 bits per heavy atom. The molecular weight excluding hydrogens is 220 g/mol. The second kappa shape index (κ2) is 5.41. The van der Waals surface area contributed by atoms with Crippen LogP contribution in [0.4, 0.5) is 8.78 Å². The molecule has 1 N–H and O–H groups in total. The Hall–Kier alpha value is -1.22. The number of piperidine rings is 1. The molecule has 3 heteroatoms. The van der Waals surface area contributed by atoms with Crippen molar-refractivity contribution >= 4 is 6.08 Å². The highest BCUT2D eigenvalue weighted by Gasteiger charge is 2.14. The molecule has 92 valence electrons. The number of hydrogen-bond donors (Lipinski definition) is 1. The Balaban J connectivity index is 2.01. The highest BCUT2D eigenvalue weighted by atomic mass is 19.2. The zero-order valence-electron chi connectivity index (χ0n) is 9.92. The third-order valence-electron chi connectivity index (χ3n) is 3.12. The van der Waals surface area contributed by atoms with Crippen LogP contribution >= 0.6 is 0 Å². The number of nitrogens with one attached hydrogen (secondary N) is 1. The van der Waals surface area contributed by atoms with Gasteiger partial charge in [-0.05, 0) is 37.5 Å². The van der Waals surface area contributed by atoms with Gasteiger partial charge in [-0.25, -0.2) is 8.78 Å². The monoisotopic (exact) mass is 237 g/mol. The van der Waals surface area contributed by atoms with E-state index in [9.17, 15) is 8.78 Å². The van der Waals surface area contributed by atoms with Gasteiger partial charge in [0.25, 0.3) is 0 Å². The Labute approximate surface area is 101 Å². The van der Waals surface area contributed by atoms with Crippen LogP contribution in [0, 0.1) is 11.6 Å². The molecule has 0 radical (unpaired) electrons. The summed E-state index contributed by atoms with van der Waals surface area (Å²) < 4.78 is 25.7. The van der Waals surface area contributed by atoms with Crippen molar-refractivity contribution < 1.29 is 8.78 Å². The predicted octanol–water partition coefficient (Wildman–Crippen LogP) is 3.51. The smallest absolute Gasteiger partial charge is 0.159 e. The summed E-state index contributed by atoms with van der Waals surface area (Å²) in [7, 11) is 0. The van der Waals surface area contributed by atoms with Gasteiger partial charge in [-0.3, -0.25) is 0 Å². The molecule has 1 aromatic rings. The van der Waals surface area contributed by atoms with E-state index in [4.69, 9.17) is 0 Å². The van der Waals surface area contributed by atoms with Crippen molar-refractivity contribution in [2.75, 3.05) is 0 Å². The third kappa shape index (κ3) is 3.37. The fraction of sp³-hybridized carbons (Fsp3) is 0.429.